The lowest BCUT2D eigenvalue weighted by molar-refractivity contribution is -0.119. The highest BCUT2D eigenvalue weighted by Crippen LogP contribution is 2.20. The summed E-state index contributed by atoms with van der Waals surface area (Å²) < 4.78 is 6.78. The standard InChI is InChI=1S/C24H22N2O3/c1-18-11-13-20(14-12-18)26(17-19-7-3-2-4-8-19)23(27)15-16-25-21-9-5-6-10-22(21)29-24(25)28/h2-14H,15-17H2,1H3. The molecule has 1 amide bonds. The molecule has 0 N–H and O–H groups in total. The molecule has 1 heterocycles. The molecule has 3 aromatic carbocycles. The molecule has 0 aliphatic rings. The Kier molecular flexibility index (Phi) is 5.29. The van der Waals surface area contributed by atoms with Gasteiger partial charge in [0.25, 0.3) is 0 Å². The number of benzene rings is 3. The minimum atomic E-state index is -0.441. The lowest BCUT2D eigenvalue weighted by atomic mass is 10.1. The molecule has 4 rings (SSSR count). The van der Waals surface area contributed by atoms with Crippen LogP contribution in [0.15, 0.2) is 88.1 Å². The highest BCUT2D eigenvalue weighted by Gasteiger charge is 2.18. The predicted octanol–water partition coefficient (Wildman–Crippen LogP) is 4.53. The van der Waals surface area contributed by atoms with E-state index in [1.165, 1.54) is 4.57 Å². The predicted molar refractivity (Wildman–Crippen MR) is 114 cm³/mol. The number of anilines is 1. The van der Waals surface area contributed by atoms with Crippen molar-refractivity contribution in [1.29, 1.82) is 0 Å². The normalized spacial score (nSPS) is 10.9. The minimum absolute atomic E-state index is 0.0464. The zero-order valence-corrected chi connectivity index (χ0v) is 16.2. The summed E-state index contributed by atoms with van der Waals surface area (Å²) in [4.78, 5) is 27.1. The molecule has 29 heavy (non-hydrogen) atoms. The SMILES string of the molecule is Cc1ccc(N(Cc2ccccc2)C(=O)CCn2c(=O)oc3ccccc32)cc1. The summed E-state index contributed by atoms with van der Waals surface area (Å²) in [5, 5.41) is 0. The van der Waals surface area contributed by atoms with E-state index >= 15 is 0 Å². The highest BCUT2D eigenvalue weighted by molar-refractivity contribution is 5.93. The second kappa shape index (κ2) is 8.19. The maximum atomic E-state index is 13.2. The molecule has 0 aliphatic heterocycles. The van der Waals surface area contributed by atoms with Crippen molar-refractivity contribution < 1.29 is 9.21 Å². The third-order valence-corrected chi connectivity index (χ3v) is 4.95. The molecule has 0 aliphatic carbocycles. The van der Waals surface area contributed by atoms with Gasteiger partial charge in [-0.25, -0.2) is 4.79 Å². The number of amides is 1. The maximum Gasteiger partial charge on any atom is 0.419 e. The number of carbonyl (C=O) groups is 1. The van der Waals surface area contributed by atoms with E-state index in [2.05, 4.69) is 0 Å². The fourth-order valence-corrected chi connectivity index (χ4v) is 3.38. The lowest BCUT2D eigenvalue weighted by Crippen LogP contribution is -2.31. The number of nitrogens with zero attached hydrogens (tertiary/aromatic N) is 2. The fraction of sp³-hybridized carbons (Fsp3) is 0.167. The van der Waals surface area contributed by atoms with Crippen LogP contribution in [0.25, 0.3) is 11.1 Å². The first-order valence-electron chi connectivity index (χ1n) is 9.61. The lowest BCUT2D eigenvalue weighted by Gasteiger charge is -2.23. The average Bonchev–Trinajstić information content (AvgIpc) is 3.07. The molecule has 0 fully saturated rings. The fourth-order valence-electron chi connectivity index (χ4n) is 3.38. The summed E-state index contributed by atoms with van der Waals surface area (Å²) in [6.07, 6.45) is 0.199. The number of hydrogen-bond acceptors (Lipinski definition) is 3. The minimum Gasteiger partial charge on any atom is -0.408 e. The van der Waals surface area contributed by atoms with E-state index in [9.17, 15) is 9.59 Å². The Bertz CT molecular complexity index is 1170. The number of para-hydroxylation sites is 2. The van der Waals surface area contributed by atoms with Crippen molar-refractivity contribution in [3.05, 3.63) is 101 Å². The van der Waals surface area contributed by atoms with Gasteiger partial charge in [-0.05, 0) is 36.8 Å². The van der Waals surface area contributed by atoms with E-state index in [-0.39, 0.29) is 18.9 Å². The Morgan fingerprint density at radius 3 is 2.38 bits per heavy atom. The number of oxazole rings is 1. The van der Waals surface area contributed by atoms with Gasteiger partial charge in [0.1, 0.15) is 0 Å². The van der Waals surface area contributed by atoms with E-state index in [1.54, 1.807) is 11.0 Å². The number of hydrogen-bond donors (Lipinski definition) is 0. The van der Waals surface area contributed by atoms with Gasteiger partial charge in [0.15, 0.2) is 5.58 Å². The second-order valence-corrected chi connectivity index (χ2v) is 7.04. The van der Waals surface area contributed by atoms with Gasteiger partial charge >= 0.3 is 5.76 Å². The molecular formula is C24H22N2O3. The van der Waals surface area contributed by atoms with Crippen LogP contribution in [0.2, 0.25) is 0 Å². The van der Waals surface area contributed by atoms with Gasteiger partial charge in [-0.2, -0.15) is 0 Å². The summed E-state index contributed by atoms with van der Waals surface area (Å²) in [5.74, 6) is -0.487. The van der Waals surface area contributed by atoms with Gasteiger partial charge < -0.3 is 9.32 Å². The van der Waals surface area contributed by atoms with Crippen molar-refractivity contribution in [2.45, 2.75) is 26.4 Å². The quantitative estimate of drug-likeness (QED) is 0.489. The molecular weight excluding hydrogens is 364 g/mol. The molecule has 0 atom stereocenters. The molecule has 4 aromatic rings. The van der Waals surface area contributed by atoms with Crippen LogP contribution in [0.5, 0.6) is 0 Å². The van der Waals surface area contributed by atoms with Crippen LogP contribution >= 0.6 is 0 Å². The Morgan fingerprint density at radius 2 is 1.62 bits per heavy atom. The van der Waals surface area contributed by atoms with Gasteiger partial charge in [-0.1, -0.05) is 60.2 Å². The molecule has 1 aromatic heterocycles. The first-order chi connectivity index (χ1) is 14.1. The van der Waals surface area contributed by atoms with Gasteiger partial charge in [-0.3, -0.25) is 9.36 Å². The van der Waals surface area contributed by atoms with Crippen LogP contribution in [0, 0.1) is 6.92 Å². The van der Waals surface area contributed by atoms with Crippen molar-refractivity contribution in [1.82, 2.24) is 4.57 Å². The average molecular weight is 386 g/mol. The van der Waals surface area contributed by atoms with Crippen LogP contribution in [-0.4, -0.2) is 10.5 Å². The summed E-state index contributed by atoms with van der Waals surface area (Å²) in [6, 6.07) is 25.0. The monoisotopic (exact) mass is 386 g/mol. The van der Waals surface area contributed by atoms with Crippen LogP contribution in [0.4, 0.5) is 5.69 Å². The van der Waals surface area contributed by atoms with Gasteiger partial charge in [0.2, 0.25) is 5.91 Å². The molecule has 5 nitrogen and oxygen atoms in total. The molecule has 5 heteroatoms. The molecule has 0 unspecified atom stereocenters. The van der Waals surface area contributed by atoms with Crippen LogP contribution in [-0.2, 0) is 17.9 Å². The molecule has 0 bridgehead atoms. The Balaban J connectivity index is 1.58. The zero-order chi connectivity index (χ0) is 20.2. The van der Waals surface area contributed by atoms with E-state index in [4.69, 9.17) is 4.42 Å². The largest absolute Gasteiger partial charge is 0.419 e. The topological polar surface area (TPSA) is 55.5 Å². The molecule has 146 valence electrons. The number of carbonyl (C=O) groups excluding carboxylic acids is 1. The van der Waals surface area contributed by atoms with Crippen molar-refractivity contribution in [3.8, 4) is 0 Å². The molecule has 0 spiro atoms. The number of rotatable bonds is 6. The third kappa shape index (κ3) is 4.14. The molecule has 0 saturated carbocycles. The van der Waals surface area contributed by atoms with E-state index in [0.717, 1.165) is 16.8 Å². The summed E-state index contributed by atoms with van der Waals surface area (Å²) in [6.45, 7) is 2.76. The van der Waals surface area contributed by atoms with Crippen molar-refractivity contribution in [3.63, 3.8) is 0 Å². The summed E-state index contributed by atoms with van der Waals surface area (Å²) in [7, 11) is 0. The van der Waals surface area contributed by atoms with Crippen molar-refractivity contribution in [2.24, 2.45) is 0 Å². The third-order valence-electron chi connectivity index (χ3n) is 4.95. The summed E-state index contributed by atoms with van der Waals surface area (Å²) in [5.41, 5.74) is 4.26. The zero-order valence-electron chi connectivity index (χ0n) is 16.2. The van der Waals surface area contributed by atoms with Gasteiger partial charge in [0, 0.05) is 18.7 Å². The number of fused-ring (bicyclic) bond motifs is 1. The van der Waals surface area contributed by atoms with E-state index in [0.29, 0.717) is 17.6 Å². The van der Waals surface area contributed by atoms with Gasteiger partial charge in [-0.15, -0.1) is 0 Å². The van der Waals surface area contributed by atoms with Crippen molar-refractivity contribution >= 4 is 22.7 Å². The van der Waals surface area contributed by atoms with E-state index in [1.807, 2.05) is 79.7 Å². The smallest absolute Gasteiger partial charge is 0.408 e. The first-order valence-corrected chi connectivity index (χ1v) is 9.61. The second-order valence-electron chi connectivity index (χ2n) is 7.04. The number of aryl methyl sites for hydroxylation is 2. The van der Waals surface area contributed by atoms with Crippen LogP contribution in [0.1, 0.15) is 17.5 Å². The highest BCUT2D eigenvalue weighted by atomic mass is 16.4. The van der Waals surface area contributed by atoms with E-state index < -0.39 is 5.76 Å². The Hall–Kier alpha value is -3.60. The van der Waals surface area contributed by atoms with Crippen molar-refractivity contribution in [2.75, 3.05) is 4.90 Å². The first kappa shape index (κ1) is 18.7. The molecule has 0 saturated heterocycles. The molecule has 0 radical (unpaired) electrons. The van der Waals surface area contributed by atoms with Crippen LogP contribution < -0.4 is 10.7 Å². The summed E-state index contributed by atoms with van der Waals surface area (Å²) >= 11 is 0. The maximum absolute atomic E-state index is 13.2. The Labute approximate surface area is 168 Å². The Morgan fingerprint density at radius 1 is 0.931 bits per heavy atom. The van der Waals surface area contributed by atoms with Crippen LogP contribution in [0.3, 0.4) is 0 Å². The van der Waals surface area contributed by atoms with Gasteiger partial charge in [0.05, 0.1) is 12.1 Å². The number of aromatic nitrogens is 1.